The summed E-state index contributed by atoms with van der Waals surface area (Å²) < 4.78 is 13.6. The molecule has 0 aromatic heterocycles. The molecule has 0 spiro atoms. The van der Waals surface area contributed by atoms with Gasteiger partial charge < -0.3 is 5.32 Å². The van der Waals surface area contributed by atoms with Gasteiger partial charge in [-0.25, -0.2) is 9.40 Å². The molecule has 182 valence electrons. The fourth-order valence-corrected chi connectivity index (χ4v) is 5.43. The molecular formula is C28H25FN4O2S. The number of carbonyl (C=O) groups excluding carboxylic acids is 2. The first-order valence-corrected chi connectivity index (χ1v) is 12.6. The summed E-state index contributed by atoms with van der Waals surface area (Å²) >= 11 is 1.24. The predicted octanol–water partition coefficient (Wildman–Crippen LogP) is 5.62. The molecule has 0 bridgehead atoms. The Bertz CT molecular complexity index is 1370. The molecule has 2 amide bonds. The van der Waals surface area contributed by atoms with E-state index in [1.54, 1.807) is 17.1 Å². The molecule has 0 aliphatic carbocycles. The van der Waals surface area contributed by atoms with Crippen LogP contribution in [0.15, 0.2) is 82.9 Å². The van der Waals surface area contributed by atoms with Crippen molar-refractivity contribution < 1.29 is 14.0 Å². The zero-order valence-corrected chi connectivity index (χ0v) is 20.8. The van der Waals surface area contributed by atoms with Crippen molar-refractivity contribution in [3.05, 3.63) is 101 Å². The Kier molecular flexibility index (Phi) is 6.69. The average molecular weight is 501 g/mol. The van der Waals surface area contributed by atoms with Crippen molar-refractivity contribution in [1.82, 2.24) is 5.01 Å². The molecule has 0 saturated heterocycles. The second-order valence-corrected chi connectivity index (χ2v) is 10.1. The third-order valence-electron chi connectivity index (χ3n) is 6.22. The van der Waals surface area contributed by atoms with Crippen LogP contribution >= 0.6 is 11.8 Å². The fourth-order valence-electron chi connectivity index (χ4n) is 4.36. The van der Waals surface area contributed by atoms with E-state index in [0.717, 1.165) is 33.7 Å². The highest BCUT2D eigenvalue weighted by Crippen LogP contribution is 2.38. The molecule has 2 aliphatic heterocycles. The van der Waals surface area contributed by atoms with Gasteiger partial charge in [0.25, 0.3) is 5.91 Å². The molecule has 6 nitrogen and oxygen atoms in total. The number of thioether (sulfide) groups is 1. The lowest BCUT2D eigenvalue weighted by molar-refractivity contribution is -0.121. The van der Waals surface area contributed by atoms with E-state index < -0.39 is 5.25 Å². The van der Waals surface area contributed by atoms with Gasteiger partial charge in [0.1, 0.15) is 11.1 Å². The Morgan fingerprint density at radius 1 is 1.08 bits per heavy atom. The number of halogens is 1. The first-order valence-electron chi connectivity index (χ1n) is 11.7. The molecule has 3 aromatic rings. The van der Waals surface area contributed by atoms with Crippen LogP contribution in [-0.2, 0) is 9.59 Å². The number of aryl methyl sites for hydroxylation is 2. The molecule has 2 atom stereocenters. The van der Waals surface area contributed by atoms with Crippen LogP contribution in [0.4, 0.5) is 10.1 Å². The van der Waals surface area contributed by atoms with Crippen LogP contribution in [0.1, 0.15) is 41.1 Å². The zero-order chi connectivity index (χ0) is 25.2. The van der Waals surface area contributed by atoms with E-state index in [1.807, 2.05) is 62.4 Å². The normalized spacial score (nSPS) is 19.3. The minimum Gasteiger partial charge on any atom is -0.326 e. The van der Waals surface area contributed by atoms with Crippen LogP contribution in [0.2, 0.25) is 0 Å². The summed E-state index contributed by atoms with van der Waals surface area (Å²) in [4.78, 5) is 29.8. The van der Waals surface area contributed by atoms with Gasteiger partial charge in [0.2, 0.25) is 5.91 Å². The standard InChI is InChI=1S/C28H25FN4O2S/c1-17-8-13-22(18(2)14-17)30-26(34)16-25-27(35)31-28(36-25)33-24(20-9-11-21(29)12-10-20)15-23(32-33)19-6-4-3-5-7-19/h3-14,24-25H,15-16H2,1-2H3,(H,30,34)/t24-,25+/m1/s1. The lowest BCUT2D eigenvalue weighted by Crippen LogP contribution is -2.25. The maximum absolute atomic E-state index is 13.6. The maximum Gasteiger partial charge on any atom is 0.262 e. The third-order valence-corrected chi connectivity index (χ3v) is 7.37. The van der Waals surface area contributed by atoms with E-state index in [9.17, 15) is 14.0 Å². The molecule has 0 fully saturated rings. The number of hydrogen-bond acceptors (Lipinski definition) is 5. The summed E-state index contributed by atoms with van der Waals surface area (Å²) in [6.07, 6.45) is 0.593. The number of nitrogens with zero attached hydrogens (tertiary/aromatic N) is 3. The summed E-state index contributed by atoms with van der Waals surface area (Å²) in [7, 11) is 0. The van der Waals surface area contributed by atoms with E-state index in [2.05, 4.69) is 10.3 Å². The van der Waals surface area contributed by atoms with Gasteiger partial charge in [0.15, 0.2) is 5.17 Å². The van der Waals surface area contributed by atoms with Crippen molar-refractivity contribution in [1.29, 1.82) is 0 Å². The molecule has 2 aliphatic rings. The summed E-state index contributed by atoms with van der Waals surface area (Å²) in [6.45, 7) is 3.93. The van der Waals surface area contributed by atoms with Gasteiger partial charge in [-0.1, -0.05) is 71.9 Å². The van der Waals surface area contributed by atoms with Crippen molar-refractivity contribution in [2.24, 2.45) is 10.1 Å². The summed E-state index contributed by atoms with van der Waals surface area (Å²) in [5.41, 5.74) is 5.52. The number of hydrogen-bond donors (Lipinski definition) is 1. The first kappa shape index (κ1) is 23.9. The Hall–Kier alpha value is -3.78. The van der Waals surface area contributed by atoms with Crippen LogP contribution in [0.25, 0.3) is 0 Å². The van der Waals surface area contributed by atoms with E-state index in [4.69, 9.17) is 5.10 Å². The maximum atomic E-state index is 13.6. The number of amidine groups is 1. The highest BCUT2D eigenvalue weighted by molar-refractivity contribution is 8.15. The molecule has 0 unspecified atom stereocenters. The van der Waals surface area contributed by atoms with Gasteiger partial charge in [-0.3, -0.25) is 9.59 Å². The van der Waals surface area contributed by atoms with Gasteiger partial charge in [-0.15, -0.1) is 0 Å². The van der Waals surface area contributed by atoms with Crippen molar-refractivity contribution in [2.45, 2.75) is 38.0 Å². The SMILES string of the molecule is Cc1ccc(NC(=O)C[C@@H]2SC(N3N=C(c4ccccc4)C[C@@H]3c3ccc(F)cc3)=NC2=O)c(C)c1. The molecule has 5 rings (SSSR count). The predicted molar refractivity (Wildman–Crippen MR) is 142 cm³/mol. The van der Waals surface area contributed by atoms with Crippen LogP contribution < -0.4 is 5.32 Å². The number of anilines is 1. The third kappa shape index (κ3) is 5.09. The van der Waals surface area contributed by atoms with Gasteiger partial charge >= 0.3 is 0 Å². The largest absolute Gasteiger partial charge is 0.326 e. The minimum atomic E-state index is -0.629. The number of amides is 2. The topological polar surface area (TPSA) is 74.1 Å². The van der Waals surface area contributed by atoms with E-state index >= 15 is 0 Å². The second-order valence-electron chi connectivity index (χ2n) is 8.94. The quantitative estimate of drug-likeness (QED) is 0.493. The first-order chi connectivity index (χ1) is 17.4. The van der Waals surface area contributed by atoms with Gasteiger partial charge in [0.05, 0.1) is 11.8 Å². The Balaban J connectivity index is 1.34. The summed E-state index contributed by atoms with van der Waals surface area (Å²) in [5.74, 6) is -0.911. The van der Waals surface area contributed by atoms with Gasteiger partial charge in [0, 0.05) is 18.5 Å². The van der Waals surface area contributed by atoms with Crippen molar-refractivity contribution in [3.8, 4) is 0 Å². The Morgan fingerprint density at radius 3 is 2.56 bits per heavy atom. The lowest BCUT2D eigenvalue weighted by atomic mass is 9.99. The van der Waals surface area contributed by atoms with Crippen molar-refractivity contribution in [3.63, 3.8) is 0 Å². The molecule has 0 radical (unpaired) electrons. The van der Waals surface area contributed by atoms with Crippen LogP contribution in [-0.4, -0.2) is 33.0 Å². The molecule has 3 aromatic carbocycles. The van der Waals surface area contributed by atoms with Gasteiger partial charge in [-0.2, -0.15) is 10.1 Å². The number of nitrogens with one attached hydrogen (secondary N) is 1. The highest BCUT2D eigenvalue weighted by atomic mass is 32.2. The molecule has 0 saturated carbocycles. The smallest absolute Gasteiger partial charge is 0.262 e. The fraction of sp³-hybridized carbons (Fsp3) is 0.214. The summed E-state index contributed by atoms with van der Waals surface area (Å²) in [5, 5.41) is 9.27. The lowest BCUT2D eigenvalue weighted by Gasteiger charge is -2.23. The van der Waals surface area contributed by atoms with E-state index in [1.165, 1.54) is 23.9 Å². The summed E-state index contributed by atoms with van der Waals surface area (Å²) in [6, 6.07) is 21.7. The molecule has 8 heteroatoms. The average Bonchev–Trinajstić information content (AvgIpc) is 3.46. The monoisotopic (exact) mass is 500 g/mol. The molecule has 36 heavy (non-hydrogen) atoms. The Morgan fingerprint density at radius 2 is 1.83 bits per heavy atom. The number of hydrazone groups is 1. The number of rotatable bonds is 5. The highest BCUT2D eigenvalue weighted by Gasteiger charge is 2.39. The Labute approximate surface area is 213 Å². The zero-order valence-electron chi connectivity index (χ0n) is 19.9. The van der Waals surface area contributed by atoms with Crippen molar-refractivity contribution >= 4 is 40.1 Å². The molecular weight excluding hydrogens is 475 g/mol. The van der Waals surface area contributed by atoms with Crippen molar-refractivity contribution in [2.75, 3.05) is 5.32 Å². The van der Waals surface area contributed by atoms with Crippen LogP contribution in [0, 0.1) is 19.7 Å². The van der Waals surface area contributed by atoms with E-state index in [0.29, 0.717) is 11.6 Å². The molecule has 1 N–H and O–H groups in total. The second kappa shape index (κ2) is 10.1. The minimum absolute atomic E-state index is 0.00806. The van der Waals surface area contributed by atoms with Crippen LogP contribution in [0.3, 0.4) is 0 Å². The number of carbonyl (C=O) groups is 2. The van der Waals surface area contributed by atoms with E-state index in [-0.39, 0.29) is 30.1 Å². The van der Waals surface area contributed by atoms with Crippen LogP contribution in [0.5, 0.6) is 0 Å². The number of benzene rings is 3. The van der Waals surface area contributed by atoms with Gasteiger partial charge in [-0.05, 0) is 48.7 Å². The number of aliphatic imine (C=N–C) groups is 1. The molecule has 2 heterocycles.